The van der Waals surface area contributed by atoms with Crippen molar-refractivity contribution in [1.29, 1.82) is 0 Å². The van der Waals surface area contributed by atoms with Crippen LogP contribution >= 0.6 is 0 Å². The van der Waals surface area contributed by atoms with E-state index >= 15 is 0 Å². The number of aliphatic hydroxyl groups excluding tert-OH is 1. The van der Waals surface area contributed by atoms with Gasteiger partial charge in [0.2, 0.25) is 0 Å². The summed E-state index contributed by atoms with van der Waals surface area (Å²) in [5.41, 5.74) is 1.11. The maximum Gasteiger partial charge on any atom is 0.122 e. The molecule has 21 heavy (non-hydrogen) atoms. The summed E-state index contributed by atoms with van der Waals surface area (Å²) >= 11 is 0. The van der Waals surface area contributed by atoms with Gasteiger partial charge in [-0.3, -0.25) is 0 Å². The molecule has 0 spiro atoms. The van der Waals surface area contributed by atoms with Crippen LogP contribution in [-0.2, 0) is 0 Å². The lowest BCUT2D eigenvalue weighted by Crippen LogP contribution is -2.35. The molecule has 1 aliphatic rings. The normalized spacial score (nSPS) is 23.8. The Morgan fingerprint density at radius 3 is 2.67 bits per heavy atom. The van der Waals surface area contributed by atoms with E-state index < -0.39 is 6.10 Å². The molecule has 1 unspecified atom stereocenters. The first kappa shape index (κ1) is 16.3. The van der Waals surface area contributed by atoms with Crippen LogP contribution in [-0.4, -0.2) is 30.9 Å². The van der Waals surface area contributed by atoms with Gasteiger partial charge in [-0.1, -0.05) is 38.0 Å². The zero-order chi connectivity index (χ0) is 15.1. The largest absolute Gasteiger partial charge is 0.491 e. The Morgan fingerprint density at radius 1 is 1.24 bits per heavy atom. The molecule has 0 bridgehead atoms. The van der Waals surface area contributed by atoms with Crippen LogP contribution in [0.15, 0.2) is 24.3 Å². The van der Waals surface area contributed by atoms with Crippen molar-refractivity contribution in [2.45, 2.75) is 45.6 Å². The smallest absolute Gasteiger partial charge is 0.122 e. The fourth-order valence-electron chi connectivity index (χ4n) is 2.95. The molecule has 0 heterocycles. The molecule has 2 rings (SSSR count). The monoisotopic (exact) mass is 291 g/mol. The Balaban J connectivity index is 1.59. The van der Waals surface area contributed by atoms with Crippen molar-refractivity contribution >= 4 is 0 Å². The predicted molar refractivity (Wildman–Crippen MR) is 86.7 cm³/mol. The molecule has 3 heteroatoms. The van der Waals surface area contributed by atoms with Gasteiger partial charge < -0.3 is 15.2 Å². The molecule has 1 fully saturated rings. The van der Waals surface area contributed by atoms with Crippen molar-refractivity contribution in [3.05, 3.63) is 29.8 Å². The maximum atomic E-state index is 9.99. The highest BCUT2D eigenvalue weighted by molar-refractivity contribution is 5.31. The summed E-state index contributed by atoms with van der Waals surface area (Å²) in [6.07, 6.45) is 4.90. The van der Waals surface area contributed by atoms with Crippen molar-refractivity contribution in [2.24, 2.45) is 11.8 Å². The molecule has 1 atom stereocenters. The topological polar surface area (TPSA) is 41.5 Å². The zero-order valence-corrected chi connectivity index (χ0v) is 13.3. The summed E-state index contributed by atoms with van der Waals surface area (Å²) in [6.45, 7) is 6.34. The van der Waals surface area contributed by atoms with E-state index in [0.717, 1.165) is 29.7 Å². The molecule has 2 N–H and O–H groups in total. The molecule has 1 aromatic rings. The molecule has 0 aromatic heterocycles. The second-order valence-corrected chi connectivity index (χ2v) is 6.51. The van der Waals surface area contributed by atoms with E-state index in [9.17, 15) is 5.11 Å². The summed E-state index contributed by atoms with van der Waals surface area (Å²) in [7, 11) is 0. The third-order valence-electron chi connectivity index (χ3n) is 4.47. The van der Waals surface area contributed by atoms with Crippen LogP contribution in [0.4, 0.5) is 0 Å². The Kier molecular flexibility index (Phi) is 6.52. The number of para-hydroxylation sites is 1. The zero-order valence-electron chi connectivity index (χ0n) is 13.3. The molecular formula is C18H29NO2. The number of benzene rings is 1. The number of hydrogen-bond acceptors (Lipinski definition) is 3. The fourth-order valence-corrected chi connectivity index (χ4v) is 2.95. The predicted octanol–water partition coefficient (Wildman–Crippen LogP) is 3.15. The van der Waals surface area contributed by atoms with Gasteiger partial charge in [-0.15, -0.1) is 0 Å². The van der Waals surface area contributed by atoms with E-state index in [0.29, 0.717) is 13.2 Å². The minimum atomic E-state index is -0.452. The van der Waals surface area contributed by atoms with Gasteiger partial charge in [-0.2, -0.15) is 0 Å². The highest BCUT2D eigenvalue weighted by Crippen LogP contribution is 2.27. The molecule has 1 saturated carbocycles. The van der Waals surface area contributed by atoms with E-state index in [2.05, 4.69) is 12.2 Å². The average molecular weight is 291 g/mol. The summed E-state index contributed by atoms with van der Waals surface area (Å²) < 4.78 is 5.67. The number of rotatable bonds is 7. The third-order valence-corrected chi connectivity index (χ3v) is 4.47. The molecule has 118 valence electrons. The quantitative estimate of drug-likeness (QED) is 0.811. The van der Waals surface area contributed by atoms with Crippen LogP contribution in [0.5, 0.6) is 5.75 Å². The van der Waals surface area contributed by atoms with Crippen LogP contribution in [0.1, 0.15) is 38.2 Å². The second kappa shape index (κ2) is 8.40. The maximum absolute atomic E-state index is 9.99. The lowest BCUT2D eigenvalue weighted by atomic mass is 9.83. The number of hydrogen-bond donors (Lipinski definition) is 2. The van der Waals surface area contributed by atoms with Gasteiger partial charge in [0.25, 0.3) is 0 Å². The second-order valence-electron chi connectivity index (χ2n) is 6.51. The Bertz CT molecular complexity index is 413. The molecular weight excluding hydrogens is 262 g/mol. The van der Waals surface area contributed by atoms with Crippen molar-refractivity contribution in [2.75, 3.05) is 19.7 Å². The third kappa shape index (κ3) is 5.68. The number of aliphatic hydroxyl groups is 1. The van der Waals surface area contributed by atoms with Gasteiger partial charge >= 0.3 is 0 Å². The summed E-state index contributed by atoms with van der Waals surface area (Å²) in [6, 6.07) is 7.91. The Labute approximate surface area is 128 Å². The number of ether oxygens (including phenoxy) is 1. The Morgan fingerprint density at radius 2 is 1.95 bits per heavy atom. The van der Waals surface area contributed by atoms with Gasteiger partial charge in [0.05, 0.1) is 0 Å². The van der Waals surface area contributed by atoms with Crippen molar-refractivity contribution in [3.8, 4) is 5.75 Å². The van der Waals surface area contributed by atoms with E-state index in [1.54, 1.807) is 0 Å². The van der Waals surface area contributed by atoms with Gasteiger partial charge in [0, 0.05) is 6.54 Å². The first-order chi connectivity index (χ1) is 10.1. The Hall–Kier alpha value is -1.06. The lowest BCUT2D eigenvalue weighted by molar-refractivity contribution is 0.104. The molecule has 0 aliphatic heterocycles. The van der Waals surface area contributed by atoms with E-state index in [1.165, 1.54) is 25.7 Å². The van der Waals surface area contributed by atoms with Crippen LogP contribution in [0.3, 0.4) is 0 Å². The number of nitrogens with one attached hydrogen (secondary N) is 1. The molecule has 1 aliphatic carbocycles. The van der Waals surface area contributed by atoms with Crippen LogP contribution < -0.4 is 10.1 Å². The van der Waals surface area contributed by atoms with Crippen LogP contribution in [0.2, 0.25) is 0 Å². The molecule has 0 saturated heterocycles. The van der Waals surface area contributed by atoms with Gasteiger partial charge in [-0.25, -0.2) is 0 Å². The van der Waals surface area contributed by atoms with Crippen LogP contribution in [0.25, 0.3) is 0 Å². The van der Waals surface area contributed by atoms with Gasteiger partial charge in [0.1, 0.15) is 18.5 Å². The van der Waals surface area contributed by atoms with Gasteiger partial charge in [0.15, 0.2) is 0 Å². The van der Waals surface area contributed by atoms with E-state index in [4.69, 9.17) is 4.74 Å². The highest BCUT2D eigenvalue weighted by atomic mass is 16.5. The molecule has 0 radical (unpaired) electrons. The number of aryl methyl sites for hydroxylation is 1. The summed E-state index contributed by atoms with van der Waals surface area (Å²) in [5.74, 6) is 2.54. The lowest BCUT2D eigenvalue weighted by Gasteiger charge is -2.26. The minimum absolute atomic E-state index is 0.347. The summed E-state index contributed by atoms with van der Waals surface area (Å²) in [4.78, 5) is 0. The first-order valence-electron chi connectivity index (χ1n) is 8.22. The highest BCUT2D eigenvalue weighted by Gasteiger charge is 2.18. The van der Waals surface area contributed by atoms with Crippen molar-refractivity contribution < 1.29 is 9.84 Å². The first-order valence-corrected chi connectivity index (χ1v) is 8.22. The van der Waals surface area contributed by atoms with Gasteiger partial charge in [-0.05, 0) is 49.8 Å². The van der Waals surface area contributed by atoms with Crippen molar-refractivity contribution in [3.63, 3.8) is 0 Å². The van der Waals surface area contributed by atoms with Crippen LogP contribution in [0, 0.1) is 18.8 Å². The molecule has 1 aromatic carbocycles. The minimum Gasteiger partial charge on any atom is -0.491 e. The fraction of sp³-hybridized carbons (Fsp3) is 0.667. The molecule has 0 amide bonds. The SMILES string of the molecule is Cc1ccccc1OCC(O)CNCC1CCC(C)CC1. The average Bonchev–Trinajstić information content (AvgIpc) is 2.48. The molecule has 3 nitrogen and oxygen atoms in total. The van der Waals surface area contributed by atoms with E-state index in [-0.39, 0.29) is 0 Å². The summed E-state index contributed by atoms with van der Waals surface area (Å²) in [5, 5.41) is 13.4. The standard InChI is InChI=1S/C18H29NO2/c1-14-7-9-16(10-8-14)11-19-12-17(20)13-21-18-6-4-3-5-15(18)2/h3-6,14,16-17,19-20H,7-13H2,1-2H3. The van der Waals surface area contributed by atoms with Crippen molar-refractivity contribution in [1.82, 2.24) is 5.32 Å². The van der Waals surface area contributed by atoms with E-state index in [1.807, 2.05) is 31.2 Å².